The third-order valence-corrected chi connectivity index (χ3v) is 5.99. The molecule has 114 valence electrons. The first kappa shape index (κ1) is 16.9. The zero-order valence-corrected chi connectivity index (χ0v) is 13.7. The molecule has 0 aromatic rings. The molecule has 19 heavy (non-hydrogen) atoms. The molecule has 0 spiro atoms. The molecule has 0 aromatic carbocycles. The molecular formula is C14H30N2O2S. The van der Waals surface area contributed by atoms with Gasteiger partial charge in [-0.25, -0.2) is 12.7 Å². The predicted molar refractivity (Wildman–Crippen MR) is 80.7 cm³/mol. The lowest BCUT2D eigenvalue weighted by Gasteiger charge is -2.39. The Morgan fingerprint density at radius 1 is 1.32 bits per heavy atom. The van der Waals surface area contributed by atoms with Crippen LogP contribution in [-0.2, 0) is 10.0 Å². The molecule has 0 aromatic heterocycles. The van der Waals surface area contributed by atoms with Crippen molar-refractivity contribution in [1.82, 2.24) is 9.62 Å². The van der Waals surface area contributed by atoms with Gasteiger partial charge in [-0.15, -0.1) is 0 Å². The lowest BCUT2D eigenvalue weighted by molar-refractivity contribution is 0.150. The molecule has 5 heteroatoms. The summed E-state index contributed by atoms with van der Waals surface area (Å²) < 4.78 is 25.0. The maximum Gasteiger partial charge on any atom is 0.211 e. The van der Waals surface area contributed by atoms with Crippen molar-refractivity contribution < 1.29 is 8.42 Å². The maximum atomic E-state index is 11.7. The molecule has 1 rings (SSSR count). The Morgan fingerprint density at radius 2 is 1.95 bits per heavy atom. The van der Waals surface area contributed by atoms with E-state index in [0.717, 1.165) is 38.6 Å². The molecule has 1 fully saturated rings. The van der Waals surface area contributed by atoms with Crippen molar-refractivity contribution in [3.05, 3.63) is 0 Å². The monoisotopic (exact) mass is 290 g/mol. The van der Waals surface area contributed by atoms with Crippen molar-refractivity contribution in [2.75, 3.05) is 32.9 Å². The van der Waals surface area contributed by atoms with Gasteiger partial charge in [0.05, 0.1) is 6.26 Å². The molecule has 1 N–H and O–H groups in total. The van der Waals surface area contributed by atoms with E-state index in [1.165, 1.54) is 6.26 Å². The van der Waals surface area contributed by atoms with E-state index >= 15 is 0 Å². The van der Waals surface area contributed by atoms with Crippen molar-refractivity contribution in [1.29, 1.82) is 0 Å². The van der Waals surface area contributed by atoms with Crippen molar-refractivity contribution >= 4 is 10.0 Å². The minimum atomic E-state index is -3.02. The number of hydrogen-bond donors (Lipinski definition) is 1. The second kappa shape index (κ2) is 7.04. The minimum absolute atomic E-state index is 0.319. The van der Waals surface area contributed by atoms with Crippen LogP contribution in [0, 0.1) is 11.3 Å². The van der Waals surface area contributed by atoms with Gasteiger partial charge in [0.25, 0.3) is 0 Å². The first-order valence-electron chi connectivity index (χ1n) is 7.46. The Bertz CT molecular complexity index is 364. The van der Waals surface area contributed by atoms with Crippen molar-refractivity contribution in [3.8, 4) is 0 Å². The molecule has 0 aliphatic carbocycles. The number of nitrogens with one attached hydrogen (secondary N) is 1. The highest BCUT2D eigenvalue weighted by Crippen LogP contribution is 2.36. The molecule has 0 saturated carbocycles. The average Bonchev–Trinajstić information content (AvgIpc) is 2.37. The van der Waals surface area contributed by atoms with Gasteiger partial charge in [0.15, 0.2) is 0 Å². The van der Waals surface area contributed by atoms with Crippen LogP contribution < -0.4 is 5.32 Å². The Morgan fingerprint density at radius 3 is 2.42 bits per heavy atom. The molecular weight excluding hydrogens is 260 g/mol. The quantitative estimate of drug-likeness (QED) is 0.781. The lowest BCUT2D eigenvalue weighted by Crippen LogP contribution is -2.42. The van der Waals surface area contributed by atoms with Gasteiger partial charge in [0, 0.05) is 19.6 Å². The van der Waals surface area contributed by atoms with Gasteiger partial charge in [-0.3, -0.25) is 0 Å². The maximum absolute atomic E-state index is 11.7. The molecule has 1 saturated heterocycles. The van der Waals surface area contributed by atoms with E-state index in [-0.39, 0.29) is 0 Å². The third kappa shape index (κ3) is 4.72. The van der Waals surface area contributed by atoms with Gasteiger partial charge in [-0.1, -0.05) is 13.8 Å². The van der Waals surface area contributed by atoms with Crippen LogP contribution in [0.15, 0.2) is 0 Å². The lowest BCUT2D eigenvalue weighted by atomic mass is 9.73. The molecule has 0 radical (unpaired) electrons. The standard InChI is InChI=1S/C14H30N2O2S/c1-5-14(6-2,12-15-3)10-13-8-7-9-16(11-13)19(4,17)18/h13,15H,5-12H2,1-4H3. The zero-order chi connectivity index (χ0) is 14.5. The first-order chi connectivity index (χ1) is 8.87. The molecule has 4 nitrogen and oxygen atoms in total. The number of piperidine rings is 1. The van der Waals surface area contributed by atoms with Crippen LogP contribution in [0.5, 0.6) is 0 Å². The Labute approximate surface area is 119 Å². The van der Waals surface area contributed by atoms with Crippen LogP contribution in [0.3, 0.4) is 0 Å². The van der Waals surface area contributed by atoms with Crippen LogP contribution in [0.25, 0.3) is 0 Å². The normalized spacial score (nSPS) is 22.6. The second-order valence-electron chi connectivity index (χ2n) is 6.07. The van der Waals surface area contributed by atoms with Crippen LogP contribution in [0.2, 0.25) is 0 Å². The largest absolute Gasteiger partial charge is 0.319 e. The predicted octanol–water partition coefficient (Wildman–Crippen LogP) is 2.07. The van der Waals surface area contributed by atoms with Crippen molar-refractivity contribution in [2.45, 2.75) is 46.0 Å². The summed E-state index contributed by atoms with van der Waals surface area (Å²) in [4.78, 5) is 0. The van der Waals surface area contributed by atoms with Crippen LogP contribution in [-0.4, -0.2) is 45.7 Å². The van der Waals surface area contributed by atoms with Gasteiger partial charge in [-0.2, -0.15) is 0 Å². The summed E-state index contributed by atoms with van der Waals surface area (Å²) in [5, 5.41) is 3.31. The SMILES string of the molecule is CCC(CC)(CNC)CC1CCCN(S(C)(=O)=O)C1. The fourth-order valence-electron chi connectivity index (χ4n) is 3.34. The van der Waals surface area contributed by atoms with Crippen LogP contribution >= 0.6 is 0 Å². The van der Waals surface area contributed by atoms with Crippen LogP contribution in [0.1, 0.15) is 46.0 Å². The highest BCUT2D eigenvalue weighted by Gasteiger charge is 2.33. The number of nitrogens with zero attached hydrogens (tertiary/aromatic N) is 1. The Balaban J connectivity index is 2.69. The summed E-state index contributed by atoms with van der Waals surface area (Å²) >= 11 is 0. The average molecular weight is 290 g/mol. The summed E-state index contributed by atoms with van der Waals surface area (Å²) in [6, 6.07) is 0. The summed E-state index contributed by atoms with van der Waals surface area (Å²) in [6.45, 7) is 6.93. The number of rotatable bonds is 7. The Kier molecular flexibility index (Phi) is 6.27. The smallest absolute Gasteiger partial charge is 0.211 e. The molecule has 0 bridgehead atoms. The van der Waals surface area contributed by atoms with Gasteiger partial charge in [0.2, 0.25) is 10.0 Å². The second-order valence-corrected chi connectivity index (χ2v) is 8.05. The molecule has 1 aliphatic rings. The van der Waals surface area contributed by atoms with Gasteiger partial charge in [-0.05, 0) is 50.5 Å². The topological polar surface area (TPSA) is 49.4 Å². The van der Waals surface area contributed by atoms with E-state index in [1.807, 2.05) is 7.05 Å². The molecule has 1 heterocycles. The highest BCUT2D eigenvalue weighted by molar-refractivity contribution is 7.88. The molecule has 1 aliphatic heterocycles. The van der Waals surface area contributed by atoms with E-state index in [0.29, 0.717) is 24.4 Å². The minimum Gasteiger partial charge on any atom is -0.319 e. The van der Waals surface area contributed by atoms with E-state index in [2.05, 4.69) is 19.2 Å². The van der Waals surface area contributed by atoms with Gasteiger partial charge in [0.1, 0.15) is 0 Å². The molecule has 1 unspecified atom stereocenters. The van der Waals surface area contributed by atoms with E-state index in [9.17, 15) is 8.42 Å². The zero-order valence-electron chi connectivity index (χ0n) is 12.9. The van der Waals surface area contributed by atoms with Crippen molar-refractivity contribution in [2.24, 2.45) is 11.3 Å². The van der Waals surface area contributed by atoms with Gasteiger partial charge >= 0.3 is 0 Å². The highest BCUT2D eigenvalue weighted by atomic mass is 32.2. The van der Waals surface area contributed by atoms with Gasteiger partial charge < -0.3 is 5.32 Å². The summed E-state index contributed by atoms with van der Waals surface area (Å²) in [6.07, 6.45) is 6.93. The number of sulfonamides is 1. The van der Waals surface area contributed by atoms with Crippen molar-refractivity contribution in [3.63, 3.8) is 0 Å². The van der Waals surface area contributed by atoms with Crippen LogP contribution in [0.4, 0.5) is 0 Å². The summed E-state index contributed by atoms with van der Waals surface area (Å²) in [7, 11) is -1.02. The third-order valence-electron chi connectivity index (χ3n) is 4.72. The van der Waals surface area contributed by atoms with E-state index < -0.39 is 10.0 Å². The molecule has 1 atom stereocenters. The fourth-order valence-corrected chi connectivity index (χ4v) is 4.29. The summed E-state index contributed by atoms with van der Waals surface area (Å²) in [5.41, 5.74) is 0.319. The number of hydrogen-bond acceptors (Lipinski definition) is 3. The first-order valence-corrected chi connectivity index (χ1v) is 9.31. The Hall–Kier alpha value is -0.130. The van der Waals surface area contributed by atoms with E-state index in [4.69, 9.17) is 0 Å². The fraction of sp³-hybridized carbons (Fsp3) is 1.00. The van der Waals surface area contributed by atoms with E-state index in [1.54, 1.807) is 4.31 Å². The summed E-state index contributed by atoms with van der Waals surface area (Å²) in [5.74, 6) is 0.511. The molecule has 0 amide bonds.